The summed E-state index contributed by atoms with van der Waals surface area (Å²) in [6.07, 6.45) is 0. The molecule has 0 saturated heterocycles. The van der Waals surface area contributed by atoms with Crippen LogP contribution in [0.2, 0.25) is 0 Å². The van der Waals surface area contributed by atoms with Crippen molar-refractivity contribution in [3.8, 4) is 0 Å². The lowest BCUT2D eigenvalue weighted by molar-refractivity contribution is -0.113. The maximum Gasteiger partial charge on any atom is 0.272 e. The van der Waals surface area contributed by atoms with Gasteiger partial charge >= 0.3 is 0 Å². The summed E-state index contributed by atoms with van der Waals surface area (Å²) in [4.78, 5) is 35.9. The van der Waals surface area contributed by atoms with Gasteiger partial charge in [-0.3, -0.25) is 14.4 Å². The second kappa shape index (κ2) is 5.97. The van der Waals surface area contributed by atoms with E-state index in [0.717, 1.165) is 0 Å². The van der Waals surface area contributed by atoms with Gasteiger partial charge in [-0.25, -0.2) is 0 Å². The Balaban J connectivity index is 2.44. The van der Waals surface area contributed by atoms with Crippen LogP contribution in [0.15, 0.2) is 30.3 Å². The minimum Gasteiger partial charge on any atom is -0.343 e. The van der Waals surface area contributed by atoms with E-state index >= 15 is 0 Å². The molecule has 0 aliphatic carbocycles. The van der Waals surface area contributed by atoms with Gasteiger partial charge in [0.05, 0.1) is 5.56 Å². The number of nitrogens with one attached hydrogen (secondary N) is 1. The predicted octanol–water partition coefficient (Wildman–Crippen LogP) is 2.67. The standard InChI is InChI=1S/C17H18N2O3/c1-10-14(16(21)12(3)20)11(2)19(4)15(10)17(22)18-13-8-6-5-7-9-13/h5-9H,1-4H3,(H,18,22). The predicted molar refractivity (Wildman–Crippen MR) is 84.3 cm³/mol. The molecule has 114 valence electrons. The number of Topliss-reactive ketones (excluding diaryl/α,β-unsaturated/α-hetero) is 2. The third-order valence-electron chi connectivity index (χ3n) is 3.72. The molecule has 5 heteroatoms. The van der Waals surface area contributed by atoms with Crippen molar-refractivity contribution in [2.45, 2.75) is 20.8 Å². The first kappa shape index (κ1) is 15.7. The molecule has 1 N–H and O–H groups in total. The molecule has 2 rings (SSSR count). The zero-order valence-electron chi connectivity index (χ0n) is 13.1. The largest absolute Gasteiger partial charge is 0.343 e. The van der Waals surface area contributed by atoms with Gasteiger partial charge in [-0.15, -0.1) is 0 Å². The zero-order valence-corrected chi connectivity index (χ0v) is 13.1. The molecule has 2 aromatic rings. The lowest BCUT2D eigenvalue weighted by Crippen LogP contribution is -2.17. The Bertz CT molecular complexity index is 758. The van der Waals surface area contributed by atoms with Crippen LogP contribution in [0.5, 0.6) is 0 Å². The molecule has 0 atom stereocenters. The minimum atomic E-state index is -0.565. The van der Waals surface area contributed by atoms with Gasteiger partial charge in [0.1, 0.15) is 5.69 Å². The second-order valence-electron chi connectivity index (χ2n) is 5.20. The van der Waals surface area contributed by atoms with Gasteiger partial charge in [0.25, 0.3) is 5.91 Å². The summed E-state index contributed by atoms with van der Waals surface area (Å²) < 4.78 is 1.64. The Labute approximate surface area is 128 Å². The molecule has 1 amide bonds. The average Bonchev–Trinajstić information content (AvgIpc) is 2.69. The van der Waals surface area contributed by atoms with Gasteiger partial charge in [0.2, 0.25) is 5.78 Å². The summed E-state index contributed by atoms with van der Waals surface area (Å²) in [5.74, 6) is -1.41. The Morgan fingerprint density at radius 1 is 1.05 bits per heavy atom. The van der Waals surface area contributed by atoms with Crippen molar-refractivity contribution in [1.82, 2.24) is 4.57 Å². The van der Waals surface area contributed by atoms with Crippen molar-refractivity contribution in [3.05, 3.63) is 52.8 Å². The van der Waals surface area contributed by atoms with Crippen molar-refractivity contribution in [2.24, 2.45) is 7.05 Å². The van der Waals surface area contributed by atoms with Gasteiger partial charge in [0.15, 0.2) is 5.78 Å². The van der Waals surface area contributed by atoms with Crippen LogP contribution in [0.25, 0.3) is 0 Å². The highest BCUT2D eigenvalue weighted by atomic mass is 16.2. The molecule has 0 spiro atoms. The van der Waals surface area contributed by atoms with Crippen molar-refractivity contribution in [3.63, 3.8) is 0 Å². The Hall–Kier alpha value is -2.69. The highest BCUT2D eigenvalue weighted by Gasteiger charge is 2.26. The zero-order chi connectivity index (χ0) is 16.4. The normalized spacial score (nSPS) is 10.4. The summed E-state index contributed by atoms with van der Waals surface area (Å²) in [6.45, 7) is 4.64. The first-order chi connectivity index (χ1) is 10.3. The molecular weight excluding hydrogens is 280 g/mol. The van der Waals surface area contributed by atoms with E-state index in [1.807, 2.05) is 18.2 Å². The summed E-state index contributed by atoms with van der Waals surface area (Å²) in [5.41, 5.74) is 2.49. The number of ketones is 2. The Kier molecular flexibility index (Phi) is 4.26. The van der Waals surface area contributed by atoms with Crippen LogP contribution in [0.4, 0.5) is 5.69 Å². The number of carbonyl (C=O) groups is 3. The third kappa shape index (κ3) is 2.70. The number of amides is 1. The molecule has 0 radical (unpaired) electrons. The fraction of sp³-hybridized carbons (Fsp3) is 0.235. The number of aromatic nitrogens is 1. The Morgan fingerprint density at radius 2 is 1.64 bits per heavy atom. The molecule has 0 fully saturated rings. The monoisotopic (exact) mass is 298 g/mol. The van der Waals surface area contributed by atoms with Gasteiger partial charge in [-0.2, -0.15) is 0 Å². The number of benzene rings is 1. The third-order valence-corrected chi connectivity index (χ3v) is 3.72. The fourth-order valence-electron chi connectivity index (χ4n) is 2.52. The van der Waals surface area contributed by atoms with E-state index in [-0.39, 0.29) is 5.91 Å². The molecule has 1 aromatic heterocycles. The highest BCUT2D eigenvalue weighted by molar-refractivity contribution is 6.43. The molecule has 0 saturated carbocycles. The summed E-state index contributed by atoms with van der Waals surface area (Å²) in [7, 11) is 1.71. The summed E-state index contributed by atoms with van der Waals surface area (Å²) >= 11 is 0. The smallest absolute Gasteiger partial charge is 0.272 e. The van der Waals surface area contributed by atoms with E-state index in [0.29, 0.717) is 28.2 Å². The van der Waals surface area contributed by atoms with Gasteiger partial charge < -0.3 is 9.88 Å². The molecular formula is C17H18N2O3. The molecule has 1 heterocycles. The lowest BCUT2D eigenvalue weighted by Gasteiger charge is -2.08. The van der Waals surface area contributed by atoms with Gasteiger partial charge in [-0.1, -0.05) is 18.2 Å². The van der Waals surface area contributed by atoms with Gasteiger partial charge in [-0.05, 0) is 31.5 Å². The molecule has 22 heavy (non-hydrogen) atoms. The number of para-hydroxylation sites is 1. The molecule has 1 aromatic carbocycles. The average molecular weight is 298 g/mol. The highest BCUT2D eigenvalue weighted by Crippen LogP contribution is 2.23. The van der Waals surface area contributed by atoms with Crippen LogP contribution in [-0.2, 0) is 11.8 Å². The Morgan fingerprint density at radius 3 is 2.18 bits per heavy atom. The van der Waals surface area contributed by atoms with E-state index in [1.54, 1.807) is 37.6 Å². The molecule has 5 nitrogen and oxygen atoms in total. The van der Waals surface area contributed by atoms with E-state index in [4.69, 9.17) is 0 Å². The number of rotatable bonds is 4. The molecule has 0 aliphatic rings. The van der Waals surface area contributed by atoms with Crippen molar-refractivity contribution >= 4 is 23.2 Å². The SMILES string of the molecule is CC(=O)C(=O)c1c(C)c(C(=O)Nc2ccccc2)n(C)c1C. The van der Waals surface area contributed by atoms with E-state index in [1.165, 1.54) is 6.92 Å². The molecule has 0 bridgehead atoms. The topological polar surface area (TPSA) is 68.2 Å². The maximum absolute atomic E-state index is 12.5. The minimum absolute atomic E-state index is 0.308. The van der Waals surface area contributed by atoms with Crippen LogP contribution in [-0.4, -0.2) is 22.0 Å². The first-order valence-electron chi connectivity index (χ1n) is 6.92. The first-order valence-corrected chi connectivity index (χ1v) is 6.92. The van der Waals surface area contributed by atoms with Crippen LogP contribution in [0.1, 0.15) is 39.0 Å². The second-order valence-corrected chi connectivity index (χ2v) is 5.20. The fourth-order valence-corrected chi connectivity index (χ4v) is 2.52. The van der Waals surface area contributed by atoms with E-state index in [9.17, 15) is 14.4 Å². The lowest BCUT2D eigenvalue weighted by atomic mass is 10.0. The number of hydrogen-bond acceptors (Lipinski definition) is 3. The van der Waals surface area contributed by atoms with Crippen molar-refractivity contribution < 1.29 is 14.4 Å². The van der Waals surface area contributed by atoms with Crippen molar-refractivity contribution in [1.29, 1.82) is 0 Å². The molecule has 0 aliphatic heterocycles. The number of anilines is 1. The van der Waals surface area contributed by atoms with Gasteiger partial charge in [0, 0.05) is 25.4 Å². The number of nitrogens with zero attached hydrogens (tertiary/aromatic N) is 1. The van der Waals surface area contributed by atoms with E-state index < -0.39 is 11.6 Å². The van der Waals surface area contributed by atoms with Crippen LogP contribution < -0.4 is 5.32 Å². The number of hydrogen-bond donors (Lipinski definition) is 1. The molecule has 0 unspecified atom stereocenters. The summed E-state index contributed by atoms with van der Waals surface area (Å²) in [6, 6.07) is 9.07. The number of carbonyl (C=O) groups excluding carboxylic acids is 3. The maximum atomic E-state index is 12.5. The van der Waals surface area contributed by atoms with Crippen molar-refractivity contribution in [2.75, 3.05) is 5.32 Å². The van der Waals surface area contributed by atoms with Crippen LogP contribution in [0.3, 0.4) is 0 Å². The van der Waals surface area contributed by atoms with Crippen LogP contribution in [0, 0.1) is 13.8 Å². The summed E-state index contributed by atoms with van der Waals surface area (Å²) in [5, 5.41) is 2.79. The quantitative estimate of drug-likeness (QED) is 0.697. The van der Waals surface area contributed by atoms with E-state index in [2.05, 4.69) is 5.32 Å². The van der Waals surface area contributed by atoms with Crippen LogP contribution >= 0.6 is 0 Å².